The maximum atomic E-state index is 12.4. The van der Waals surface area contributed by atoms with Gasteiger partial charge in [-0.2, -0.15) is 0 Å². The molecule has 4 rings (SSSR count). The molecule has 0 bridgehead atoms. The van der Waals surface area contributed by atoms with E-state index in [4.69, 9.17) is 5.11 Å². The molecule has 5 atom stereocenters. The maximum absolute atomic E-state index is 12.4. The SMILES string of the molecule is C[C@@H](NC(=O)C[C@@H]1CCCC[C@H]1O)c1cccc2ccccc12.O=C(O)C[C@@H]1CCCC[C@H]1O.[Na+].[OH-]. The summed E-state index contributed by atoms with van der Waals surface area (Å²) in [6, 6.07) is 14.4. The zero-order chi connectivity index (χ0) is 24.5. The third-order valence-electron chi connectivity index (χ3n) is 7.29. The summed E-state index contributed by atoms with van der Waals surface area (Å²) in [4.78, 5) is 22.7. The maximum Gasteiger partial charge on any atom is 1.00 e. The molecule has 0 unspecified atom stereocenters. The van der Waals surface area contributed by atoms with Crippen LogP contribution in [0.25, 0.3) is 10.8 Å². The predicted octanol–water partition coefficient (Wildman–Crippen LogP) is 1.80. The van der Waals surface area contributed by atoms with E-state index in [1.54, 1.807) is 0 Å². The number of aliphatic hydroxyl groups excluding tert-OH is 2. The van der Waals surface area contributed by atoms with Gasteiger partial charge >= 0.3 is 35.5 Å². The topological polar surface area (TPSA) is 137 Å². The Morgan fingerprint density at radius 3 is 1.97 bits per heavy atom. The van der Waals surface area contributed by atoms with Gasteiger partial charge in [0.15, 0.2) is 0 Å². The van der Waals surface area contributed by atoms with Crippen LogP contribution in [0.3, 0.4) is 0 Å². The number of hydrogen-bond donors (Lipinski definition) is 4. The van der Waals surface area contributed by atoms with Crippen LogP contribution in [0.15, 0.2) is 42.5 Å². The van der Waals surface area contributed by atoms with E-state index in [0.29, 0.717) is 6.42 Å². The normalized spacial score (nSPS) is 24.2. The fourth-order valence-electron chi connectivity index (χ4n) is 5.32. The fraction of sp³-hybridized carbons (Fsp3) is 0.571. The second-order valence-electron chi connectivity index (χ2n) is 9.88. The van der Waals surface area contributed by atoms with Gasteiger partial charge < -0.3 is 26.1 Å². The van der Waals surface area contributed by atoms with Gasteiger partial charge in [-0.05, 0) is 60.8 Å². The van der Waals surface area contributed by atoms with Crippen LogP contribution in [0.2, 0.25) is 0 Å². The Labute approximate surface area is 236 Å². The van der Waals surface area contributed by atoms with Gasteiger partial charge in [0.05, 0.1) is 24.7 Å². The van der Waals surface area contributed by atoms with Crippen molar-refractivity contribution in [1.29, 1.82) is 0 Å². The van der Waals surface area contributed by atoms with Crippen molar-refractivity contribution in [1.82, 2.24) is 5.32 Å². The third kappa shape index (κ3) is 9.77. The van der Waals surface area contributed by atoms with Gasteiger partial charge in [0.25, 0.3) is 0 Å². The van der Waals surface area contributed by atoms with Crippen molar-refractivity contribution >= 4 is 22.6 Å². The standard InChI is InChI=1S/C20H25NO2.C8H14O3.Na.H2O/c1-14(17-11-6-9-15-7-2-4-10-18(15)17)21-20(23)13-16-8-3-5-12-19(16)22;9-7-4-2-1-3-6(7)5-8(10)11;;/h2,4,6-7,9-11,14,16,19,22H,3,5,8,12-13H2,1H3,(H,21,23);6-7,9H,1-5H2,(H,10,11);;1H2/q;;+1;/p-1/t14-,16+,19-;6-,7+;;/m10../s1. The first-order valence-corrected chi connectivity index (χ1v) is 12.7. The Balaban J connectivity index is 0.000000425. The summed E-state index contributed by atoms with van der Waals surface area (Å²) in [5.41, 5.74) is 1.14. The first kappa shape index (κ1) is 32.5. The van der Waals surface area contributed by atoms with Crippen molar-refractivity contribution < 1.29 is 59.9 Å². The molecule has 2 aromatic carbocycles. The molecule has 1 amide bonds. The number of benzene rings is 2. The van der Waals surface area contributed by atoms with Crippen LogP contribution in [-0.2, 0) is 9.59 Å². The Morgan fingerprint density at radius 1 is 0.861 bits per heavy atom. The summed E-state index contributed by atoms with van der Waals surface area (Å²) < 4.78 is 0. The number of nitrogens with one attached hydrogen (secondary N) is 1. The van der Waals surface area contributed by atoms with Crippen molar-refractivity contribution in [2.75, 3.05) is 0 Å². The molecule has 0 spiro atoms. The number of hydrogen-bond acceptors (Lipinski definition) is 5. The van der Waals surface area contributed by atoms with Gasteiger partial charge in [-0.3, -0.25) is 9.59 Å². The molecular weight excluding hydrogens is 469 g/mol. The summed E-state index contributed by atoms with van der Waals surface area (Å²) >= 11 is 0. The van der Waals surface area contributed by atoms with Crippen LogP contribution in [-0.4, -0.2) is 44.9 Å². The van der Waals surface area contributed by atoms with E-state index in [-0.39, 0.29) is 77.4 Å². The first-order chi connectivity index (χ1) is 16.3. The van der Waals surface area contributed by atoms with Crippen molar-refractivity contribution in [3.63, 3.8) is 0 Å². The van der Waals surface area contributed by atoms with E-state index in [1.165, 1.54) is 10.8 Å². The van der Waals surface area contributed by atoms with Crippen LogP contribution in [0.5, 0.6) is 0 Å². The molecule has 8 heteroatoms. The van der Waals surface area contributed by atoms with E-state index < -0.39 is 5.97 Å². The predicted molar refractivity (Wildman–Crippen MR) is 135 cm³/mol. The molecule has 2 aliphatic carbocycles. The zero-order valence-electron chi connectivity index (χ0n) is 21.6. The van der Waals surface area contributed by atoms with Crippen molar-refractivity contribution in [3.8, 4) is 0 Å². The number of aliphatic carboxylic acids is 1. The van der Waals surface area contributed by atoms with Crippen LogP contribution in [0.4, 0.5) is 0 Å². The minimum atomic E-state index is -0.795. The quantitative estimate of drug-likeness (QED) is 0.439. The average molecular weight is 510 g/mol. The molecule has 194 valence electrons. The number of amides is 1. The van der Waals surface area contributed by atoms with Gasteiger partial charge in [-0.15, -0.1) is 0 Å². The van der Waals surface area contributed by atoms with Gasteiger partial charge in [0.1, 0.15) is 0 Å². The Kier molecular flexibility index (Phi) is 14.8. The zero-order valence-corrected chi connectivity index (χ0v) is 23.6. The Bertz CT molecular complexity index is 949. The minimum Gasteiger partial charge on any atom is -0.870 e. The number of carbonyl (C=O) groups excluding carboxylic acids is 1. The third-order valence-corrected chi connectivity index (χ3v) is 7.29. The molecule has 36 heavy (non-hydrogen) atoms. The molecular formula is C28H40NNaO6. The van der Waals surface area contributed by atoms with E-state index >= 15 is 0 Å². The van der Waals surface area contributed by atoms with E-state index in [2.05, 4.69) is 29.6 Å². The molecule has 0 aromatic heterocycles. The molecule has 2 aliphatic rings. The largest absolute Gasteiger partial charge is 1.00 e. The molecule has 5 N–H and O–H groups in total. The average Bonchev–Trinajstić information content (AvgIpc) is 2.82. The number of carboxylic acid groups (broad SMARTS) is 1. The van der Waals surface area contributed by atoms with Crippen LogP contribution in [0.1, 0.15) is 82.7 Å². The van der Waals surface area contributed by atoms with Gasteiger partial charge in [-0.1, -0.05) is 68.1 Å². The molecule has 2 fully saturated rings. The smallest absolute Gasteiger partial charge is 0.870 e. The van der Waals surface area contributed by atoms with E-state index in [0.717, 1.165) is 56.9 Å². The summed E-state index contributed by atoms with van der Waals surface area (Å²) in [5, 5.41) is 33.3. The monoisotopic (exact) mass is 509 g/mol. The van der Waals surface area contributed by atoms with Crippen LogP contribution < -0.4 is 34.9 Å². The molecule has 2 aromatic rings. The molecule has 2 saturated carbocycles. The summed E-state index contributed by atoms with van der Waals surface area (Å²) in [7, 11) is 0. The van der Waals surface area contributed by atoms with Crippen molar-refractivity contribution in [2.45, 2.75) is 89.4 Å². The van der Waals surface area contributed by atoms with E-state index in [9.17, 15) is 19.8 Å². The Hall–Kier alpha value is -1.48. The summed E-state index contributed by atoms with van der Waals surface area (Å²) in [5.74, 6) is -0.642. The van der Waals surface area contributed by atoms with Gasteiger partial charge in [0, 0.05) is 6.42 Å². The van der Waals surface area contributed by atoms with E-state index in [1.807, 2.05) is 25.1 Å². The van der Waals surface area contributed by atoms with Crippen LogP contribution >= 0.6 is 0 Å². The summed E-state index contributed by atoms with van der Waals surface area (Å²) in [6.45, 7) is 2.02. The fourth-order valence-corrected chi connectivity index (χ4v) is 5.32. The number of carboxylic acids is 1. The molecule has 0 aliphatic heterocycles. The first-order valence-electron chi connectivity index (χ1n) is 12.7. The molecule has 0 heterocycles. The molecule has 0 radical (unpaired) electrons. The number of carbonyl (C=O) groups is 2. The van der Waals surface area contributed by atoms with Crippen LogP contribution in [0, 0.1) is 11.8 Å². The minimum absolute atomic E-state index is 0. The molecule has 0 saturated heterocycles. The Morgan fingerprint density at radius 2 is 1.39 bits per heavy atom. The second-order valence-corrected chi connectivity index (χ2v) is 9.88. The number of aliphatic hydroxyl groups is 2. The number of rotatable bonds is 6. The van der Waals surface area contributed by atoms with Gasteiger partial charge in [0.2, 0.25) is 5.91 Å². The van der Waals surface area contributed by atoms with Crippen molar-refractivity contribution in [3.05, 3.63) is 48.0 Å². The molecule has 7 nitrogen and oxygen atoms in total. The number of fused-ring (bicyclic) bond motifs is 1. The second kappa shape index (κ2) is 16.4. The van der Waals surface area contributed by atoms with Crippen molar-refractivity contribution in [2.24, 2.45) is 11.8 Å². The van der Waals surface area contributed by atoms with Gasteiger partial charge in [-0.25, -0.2) is 0 Å². The summed E-state index contributed by atoms with van der Waals surface area (Å²) in [6.07, 6.45) is 7.59.